The van der Waals surface area contributed by atoms with Crippen molar-refractivity contribution in [3.63, 3.8) is 0 Å². The van der Waals surface area contributed by atoms with Gasteiger partial charge in [0, 0.05) is 11.3 Å². The zero-order valence-electron chi connectivity index (χ0n) is 23.7. The fraction of sp³-hybridized carbons (Fsp3) is 0.515. The van der Waals surface area contributed by atoms with Crippen LogP contribution in [0.5, 0.6) is 5.75 Å². The average Bonchev–Trinajstić information content (AvgIpc) is 2.91. The maximum absolute atomic E-state index is 13.5. The van der Waals surface area contributed by atoms with E-state index in [0.717, 1.165) is 34.8 Å². The average molecular weight is 551 g/mol. The zero-order valence-corrected chi connectivity index (χ0v) is 23.7. The number of ether oxygens (including phenoxy) is 2. The molecule has 7 atom stereocenters. The number of carboxylic acids is 1. The highest BCUT2D eigenvalue weighted by atomic mass is 16.6. The normalized spacial score (nSPS) is 24.5. The van der Waals surface area contributed by atoms with Crippen molar-refractivity contribution in [3.8, 4) is 5.75 Å². The number of carbonyl (C=O) groups is 2. The molecule has 0 saturated carbocycles. The Morgan fingerprint density at radius 2 is 1.88 bits per heavy atom. The molecule has 3 N–H and O–H groups in total. The third kappa shape index (κ3) is 7.12. The summed E-state index contributed by atoms with van der Waals surface area (Å²) in [4.78, 5) is 24.4. The molecule has 0 saturated heterocycles. The number of aliphatic carboxylic acids is 1. The highest BCUT2D eigenvalue weighted by molar-refractivity contribution is 5.90. The number of aryl methyl sites for hydroxylation is 1. The number of carbonyl (C=O) groups excluding carboxylic acids is 1. The first-order valence-electron chi connectivity index (χ1n) is 14.5. The summed E-state index contributed by atoms with van der Waals surface area (Å²) in [5, 5.41) is 31.4. The van der Waals surface area contributed by atoms with Crippen molar-refractivity contribution in [1.29, 1.82) is 0 Å². The Morgan fingerprint density at radius 3 is 2.62 bits per heavy atom. The first-order valence-corrected chi connectivity index (χ1v) is 14.5. The zero-order chi connectivity index (χ0) is 28.8. The number of esters is 1. The van der Waals surface area contributed by atoms with Crippen LogP contribution < -0.4 is 4.74 Å². The number of allylic oxidation sites excluding steroid dienone is 3. The lowest BCUT2D eigenvalue weighted by Crippen LogP contribution is -2.42. The number of aliphatic hydroxyl groups is 2. The number of rotatable bonds is 12. The van der Waals surface area contributed by atoms with Gasteiger partial charge in [0.1, 0.15) is 11.9 Å². The van der Waals surface area contributed by atoms with Gasteiger partial charge in [0.15, 0.2) is 6.10 Å². The monoisotopic (exact) mass is 550 g/mol. The van der Waals surface area contributed by atoms with Crippen molar-refractivity contribution < 1.29 is 34.4 Å². The molecule has 7 heteroatoms. The molecule has 40 heavy (non-hydrogen) atoms. The topological polar surface area (TPSA) is 113 Å². The van der Waals surface area contributed by atoms with Gasteiger partial charge in [0.25, 0.3) is 0 Å². The molecule has 0 spiro atoms. The Labute approximate surface area is 236 Å². The Balaban J connectivity index is 1.46. The van der Waals surface area contributed by atoms with Crippen LogP contribution in [-0.2, 0) is 14.3 Å². The van der Waals surface area contributed by atoms with Gasteiger partial charge >= 0.3 is 11.9 Å². The Kier molecular flexibility index (Phi) is 10.0. The predicted octanol–water partition coefficient (Wildman–Crippen LogP) is 5.74. The van der Waals surface area contributed by atoms with Crippen molar-refractivity contribution in [1.82, 2.24) is 0 Å². The molecule has 2 aliphatic carbocycles. The van der Waals surface area contributed by atoms with Crippen LogP contribution in [0.2, 0.25) is 0 Å². The van der Waals surface area contributed by atoms with Gasteiger partial charge in [-0.25, -0.2) is 4.79 Å². The Hall–Kier alpha value is -3.16. The third-order valence-electron chi connectivity index (χ3n) is 8.37. The molecule has 2 aliphatic rings. The van der Waals surface area contributed by atoms with Gasteiger partial charge in [0.2, 0.25) is 0 Å². The molecule has 0 aliphatic heterocycles. The molecule has 7 nitrogen and oxygen atoms in total. The molecule has 7 unspecified atom stereocenters. The van der Waals surface area contributed by atoms with Crippen LogP contribution >= 0.6 is 0 Å². The lowest BCUT2D eigenvalue weighted by molar-refractivity contribution is -0.162. The first-order chi connectivity index (χ1) is 19.2. The smallest absolute Gasteiger partial charge is 0.347 e. The standard InChI is InChI=1S/C33H42O7/c1-4-28(39-32-21(3)13-14-22-8-5-6-10-27(22)32)33(38)40-29-11-7-9-23-15-12-20(2)26(31(23)29)17-16-24(34)18-25(35)19-30(36)37/h5-6,8-10,12-15,20,24-26,28-29,31,34-35H,4,7,11,16-19H2,1-3H3,(H,36,37). The number of hydrogen-bond acceptors (Lipinski definition) is 6. The molecule has 0 aromatic heterocycles. The number of carboxylic acid groups (broad SMARTS) is 1. The van der Waals surface area contributed by atoms with Crippen molar-refractivity contribution in [2.75, 3.05) is 0 Å². The summed E-state index contributed by atoms with van der Waals surface area (Å²) >= 11 is 0. The lowest BCUT2D eigenvalue weighted by atomic mass is 9.66. The first kappa shape index (κ1) is 29.8. The minimum absolute atomic E-state index is 0.00522. The molecule has 0 amide bonds. The molecular weight excluding hydrogens is 508 g/mol. The predicted molar refractivity (Wildman–Crippen MR) is 154 cm³/mol. The van der Waals surface area contributed by atoms with E-state index < -0.39 is 24.3 Å². The number of fused-ring (bicyclic) bond motifs is 2. The van der Waals surface area contributed by atoms with Gasteiger partial charge in [-0.3, -0.25) is 4.79 Å². The molecule has 2 aromatic carbocycles. The van der Waals surface area contributed by atoms with Gasteiger partial charge in [-0.05, 0) is 73.8 Å². The van der Waals surface area contributed by atoms with Gasteiger partial charge in [0.05, 0.1) is 18.6 Å². The second kappa shape index (κ2) is 13.5. The maximum atomic E-state index is 13.5. The minimum atomic E-state index is -1.09. The fourth-order valence-corrected chi connectivity index (χ4v) is 6.23. The van der Waals surface area contributed by atoms with Gasteiger partial charge in [-0.2, -0.15) is 0 Å². The molecule has 0 bridgehead atoms. The Morgan fingerprint density at radius 1 is 1.10 bits per heavy atom. The summed E-state index contributed by atoms with van der Waals surface area (Å²) < 4.78 is 12.6. The summed E-state index contributed by atoms with van der Waals surface area (Å²) in [5.74, 6) is -0.379. The molecule has 0 fully saturated rings. The van der Waals surface area contributed by atoms with Crippen LogP contribution in [0.15, 0.2) is 60.2 Å². The third-order valence-corrected chi connectivity index (χ3v) is 8.37. The Bertz CT molecular complexity index is 1250. The highest BCUT2D eigenvalue weighted by Crippen LogP contribution is 2.44. The molecule has 2 aromatic rings. The van der Waals surface area contributed by atoms with Crippen LogP contribution in [0.3, 0.4) is 0 Å². The summed E-state index contributed by atoms with van der Waals surface area (Å²) in [6.07, 6.45) is 6.38. The number of hydrogen-bond donors (Lipinski definition) is 3. The maximum Gasteiger partial charge on any atom is 0.347 e. The lowest BCUT2D eigenvalue weighted by Gasteiger charge is -2.42. The van der Waals surface area contributed by atoms with Crippen LogP contribution in [0.1, 0.15) is 64.4 Å². The molecular formula is C33H42O7. The number of benzene rings is 2. The highest BCUT2D eigenvalue weighted by Gasteiger charge is 2.41. The molecule has 0 heterocycles. The van der Waals surface area contributed by atoms with Gasteiger partial charge in [-0.1, -0.05) is 68.5 Å². The van der Waals surface area contributed by atoms with E-state index in [1.807, 2.05) is 50.2 Å². The van der Waals surface area contributed by atoms with Gasteiger partial charge < -0.3 is 24.8 Å². The summed E-state index contributed by atoms with van der Waals surface area (Å²) in [5.41, 5.74) is 2.12. The molecule has 216 valence electrons. The van der Waals surface area contributed by atoms with E-state index in [0.29, 0.717) is 25.0 Å². The van der Waals surface area contributed by atoms with Crippen molar-refractivity contribution in [3.05, 3.63) is 65.8 Å². The van der Waals surface area contributed by atoms with Gasteiger partial charge in [-0.15, -0.1) is 0 Å². The van der Waals surface area contributed by atoms with Crippen LogP contribution in [0.4, 0.5) is 0 Å². The number of aliphatic hydroxyl groups excluding tert-OH is 2. The second-order valence-electron chi connectivity index (χ2n) is 11.3. The van der Waals surface area contributed by atoms with Crippen molar-refractivity contribution >= 4 is 22.7 Å². The summed E-state index contributed by atoms with van der Waals surface area (Å²) in [7, 11) is 0. The van der Waals surface area contributed by atoms with E-state index in [2.05, 4.69) is 25.2 Å². The fourth-order valence-electron chi connectivity index (χ4n) is 6.23. The van der Waals surface area contributed by atoms with Crippen molar-refractivity contribution in [2.24, 2.45) is 17.8 Å². The van der Waals surface area contributed by atoms with E-state index >= 15 is 0 Å². The largest absolute Gasteiger partial charge is 0.481 e. The van der Waals surface area contributed by atoms with Crippen LogP contribution in [0.25, 0.3) is 10.8 Å². The van der Waals surface area contributed by atoms with Crippen LogP contribution in [0, 0.1) is 24.7 Å². The minimum Gasteiger partial charge on any atom is -0.481 e. The van der Waals surface area contributed by atoms with E-state index in [-0.39, 0.29) is 42.7 Å². The molecule has 0 radical (unpaired) electrons. The second-order valence-corrected chi connectivity index (χ2v) is 11.3. The van der Waals surface area contributed by atoms with Crippen molar-refractivity contribution in [2.45, 2.75) is 90.1 Å². The SMILES string of the molecule is CCC(Oc1c(C)ccc2ccccc12)C(=O)OC1CCC=C2C=CC(C)C(CCC(O)CC(O)CC(=O)O)C21. The summed E-state index contributed by atoms with van der Waals surface area (Å²) in [6, 6.07) is 12.0. The van der Waals surface area contributed by atoms with E-state index in [4.69, 9.17) is 14.6 Å². The van der Waals surface area contributed by atoms with E-state index in [9.17, 15) is 19.8 Å². The van der Waals surface area contributed by atoms with E-state index in [1.54, 1.807) is 0 Å². The molecule has 4 rings (SSSR count). The van der Waals surface area contributed by atoms with Crippen LogP contribution in [-0.4, -0.2) is 51.7 Å². The summed E-state index contributed by atoms with van der Waals surface area (Å²) in [6.45, 7) is 6.04. The van der Waals surface area contributed by atoms with E-state index in [1.165, 1.54) is 0 Å². The quantitative estimate of drug-likeness (QED) is 0.289.